The summed E-state index contributed by atoms with van der Waals surface area (Å²) in [6.07, 6.45) is 0. The summed E-state index contributed by atoms with van der Waals surface area (Å²) in [5.74, 6) is 0.437. The van der Waals surface area contributed by atoms with Crippen molar-refractivity contribution in [2.45, 2.75) is 18.8 Å². The Balaban J connectivity index is 2.20. The van der Waals surface area contributed by atoms with Crippen molar-refractivity contribution in [3.05, 3.63) is 49.0 Å². The Morgan fingerprint density at radius 1 is 1.38 bits per heavy atom. The van der Waals surface area contributed by atoms with E-state index in [1.165, 1.54) is 6.07 Å². The maximum Gasteiger partial charge on any atom is 0.139 e. The van der Waals surface area contributed by atoms with E-state index >= 15 is 0 Å². The van der Waals surface area contributed by atoms with Crippen molar-refractivity contribution >= 4 is 65.8 Å². The molecular formula is C14H10Br2ClFN2S. The summed E-state index contributed by atoms with van der Waals surface area (Å²) in [7, 11) is 0. The minimum absolute atomic E-state index is 0.252. The van der Waals surface area contributed by atoms with Crippen LogP contribution >= 0.6 is 54.8 Å². The van der Waals surface area contributed by atoms with Gasteiger partial charge in [-0.2, -0.15) is 0 Å². The Bertz CT molecular complexity index is 813. The number of hydrogen-bond acceptors (Lipinski definition) is 2. The quantitative estimate of drug-likeness (QED) is 0.439. The SMILES string of the molecule is CC(Cl)c1nc2cc(Br)c(F)cc2n1Cc1sccc1Br. The third-order valence-electron chi connectivity index (χ3n) is 3.17. The van der Waals surface area contributed by atoms with E-state index in [4.69, 9.17) is 11.6 Å². The van der Waals surface area contributed by atoms with Gasteiger partial charge in [0.2, 0.25) is 0 Å². The third kappa shape index (κ3) is 2.91. The van der Waals surface area contributed by atoms with E-state index in [0.717, 1.165) is 26.2 Å². The van der Waals surface area contributed by atoms with Gasteiger partial charge >= 0.3 is 0 Å². The van der Waals surface area contributed by atoms with Crippen molar-refractivity contribution in [3.8, 4) is 0 Å². The molecule has 0 fully saturated rings. The molecule has 0 spiro atoms. The first kappa shape index (κ1) is 15.5. The average Bonchev–Trinajstić information content (AvgIpc) is 2.97. The van der Waals surface area contributed by atoms with E-state index in [1.807, 2.05) is 22.9 Å². The summed E-state index contributed by atoms with van der Waals surface area (Å²) in [6.45, 7) is 2.48. The van der Waals surface area contributed by atoms with Crippen LogP contribution in [-0.2, 0) is 6.54 Å². The summed E-state index contributed by atoms with van der Waals surface area (Å²) >= 11 is 14.6. The first-order valence-corrected chi connectivity index (χ1v) is 9.08. The molecule has 0 aliphatic rings. The minimum atomic E-state index is -0.303. The lowest BCUT2D eigenvalue weighted by Crippen LogP contribution is -2.05. The Hall–Kier alpha value is -0.430. The number of imidazole rings is 1. The second kappa shape index (κ2) is 5.99. The summed E-state index contributed by atoms with van der Waals surface area (Å²) < 4.78 is 17.3. The monoisotopic (exact) mass is 450 g/mol. The Kier molecular flexibility index (Phi) is 4.41. The van der Waals surface area contributed by atoms with E-state index in [9.17, 15) is 4.39 Å². The molecule has 0 aliphatic heterocycles. The van der Waals surface area contributed by atoms with Crippen molar-refractivity contribution in [2.24, 2.45) is 0 Å². The maximum atomic E-state index is 13.9. The van der Waals surface area contributed by atoms with Gasteiger partial charge in [0.1, 0.15) is 11.6 Å². The number of aromatic nitrogens is 2. The predicted molar refractivity (Wildman–Crippen MR) is 92.8 cm³/mol. The molecule has 2 heterocycles. The van der Waals surface area contributed by atoms with Crippen LogP contribution in [0.1, 0.15) is 23.0 Å². The molecule has 1 unspecified atom stereocenters. The highest BCUT2D eigenvalue weighted by Crippen LogP contribution is 2.31. The molecule has 0 radical (unpaired) electrons. The van der Waals surface area contributed by atoms with E-state index in [2.05, 4.69) is 36.8 Å². The summed E-state index contributed by atoms with van der Waals surface area (Å²) in [5, 5.41) is 1.76. The van der Waals surface area contributed by atoms with Crippen LogP contribution in [0.4, 0.5) is 4.39 Å². The van der Waals surface area contributed by atoms with Gasteiger partial charge < -0.3 is 4.57 Å². The molecule has 7 heteroatoms. The molecule has 0 bridgehead atoms. The molecule has 21 heavy (non-hydrogen) atoms. The number of benzene rings is 1. The lowest BCUT2D eigenvalue weighted by molar-refractivity contribution is 0.621. The van der Waals surface area contributed by atoms with Crippen molar-refractivity contribution < 1.29 is 4.39 Å². The Labute approximate surface area is 147 Å². The molecule has 0 aliphatic carbocycles. The van der Waals surface area contributed by atoms with Crippen LogP contribution in [0.5, 0.6) is 0 Å². The lowest BCUT2D eigenvalue weighted by atomic mass is 10.3. The zero-order valence-corrected chi connectivity index (χ0v) is 15.7. The molecule has 2 nitrogen and oxygen atoms in total. The summed E-state index contributed by atoms with van der Waals surface area (Å²) in [6, 6.07) is 5.18. The topological polar surface area (TPSA) is 17.8 Å². The first-order chi connectivity index (χ1) is 9.97. The molecule has 0 saturated heterocycles. The number of rotatable bonds is 3. The van der Waals surface area contributed by atoms with Crippen molar-refractivity contribution in [1.29, 1.82) is 0 Å². The molecule has 110 valence electrons. The second-order valence-corrected chi connectivity index (χ2v) is 7.98. The molecule has 2 aromatic heterocycles. The van der Waals surface area contributed by atoms with Crippen LogP contribution in [0.25, 0.3) is 11.0 Å². The normalized spacial score (nSPS) is 13.0. The van der Waals surface area contributed by atoms with Crippen LogP contribution in [0, 0.1) is 5.82 Å². The van der Waals surface area contributed by atoms with Crippen LogP contribution in [0.15, 0.2) is 32.5 Å². The van der Waals surface area contributed by atoms with Crippen molar-refractivity contribution in [1.82, 2.24) is 9.55 Å². The highest BCUT2D eigenvalue weighted by Gasteiger charge is 2.18. The number of fused-ring (bicyclic) bond motifs is 1. The zero-order valence-electron chi connectivity index (χ0n) is 10.9. The number of alkyl halides is 1. The molecule has 3 aromatic rings. The van der Waals surface area contributed by atoms with Crippen LogP contribution in [-0.4, -0.2) is 9.55 Å². The molecule has 1 atom stereocenters. The van der Waals surface area contributed by atoms with E-state index in [0.29, 0.717) is 11.0 Å². The van der Waals surface area contributed by atoms with Crippen LogP contribution in [0.3, 0.4) is 0 Å². The zero-order chi connectivity index (χ0) is 15.1. The smallest absolute Gasteiger partial charge is 0.139 e. The number of thiophene rings is 1. The van der Waals surface area contributed by atoms with Crippen molar-refractivity contribution in [2.75, 3.05) is 0 Å². The molecule has 0 N–H and O–H groups in total. The molecular weight excluding hydrogens is 442 g/mol. The van der Waals surface area contributed by atoms with Gasteiger partial charge in [-0.1, -0.05) is 0 Å². The van der Waals surface area contributed by atoms with E-state index < -0.39 is 0 Å². The van der Waals surface area contributed by atoms with Crippen molar-refractivity contribution in [3.63, 3.8) is 0 Å². The standard InChI is InChI=1S/C14H10Br2ClFN2S/c1-7(17)14-19-11-4-9(16)10(18)5-12(11)20(14)6-13-8(15)2-3-21-13/h2-5,7H,6H2,1H3. The fraction of sp³-hybridized carbons (Fsp3) is 0.214. The Morgan fingerprint density at radius 3 is 2.76 bits per heavy atom. The lowest BCUT2D eigenvalue weighted by Gasteiger charge is -2.10. The van der Waals surface area contributed by atoms with Gasteiger partial charge in [-0.25, -0.2) is 9.37 Å². The van der Waals surface area contributed by atoms with Gasteiger partial charge in [-0.3, -0.25) is 0 Å². The van der Waals surface area contributed by atoms with E-state index in [1.54, 1.807) is 17.4 Å². The van der Waals surface area contributed by atoms with Gasteiger partial charge in [0.05, 0.1) is 27.4 Å². The molecule has 0 saturated carbocycles. The van der Waals surface area contributed by atoms with Gasteiger partial charge in [-0.15, -0.1) is 22.9 Å². The van der Waals surface area contributed by atoms with Gasteiger partial charge in [0.25, 0.3) is 0 Å². The highest BCUT2D eigenvalue weighted by atomic mass is 79.9. The van der Waals surface area contributed by atoms with Gasteiger partial charge in [0.15, 0.2) is 0 Å². The molecule has 3 rings (SSSR count). The molecule has 1 aromatic carbocycles. The van der Waals surface area contributed by atoms with Gasteiger partial charge in [0, 0.05) is 15.4 Å². The predicted octanol–water partition coefficient (Wildman–Crippen LogP) is 6.11. The maximum absolute atomic E-state index is 13.9. The number of nitrogens with zero attached hydrogens (tertiary/aromatic N) is 2. The number of halogens is 4. The van der Waals surface area contributed by atoms with Crippen LogP contribution in [0.2, 0.25) is 0 Å². The first-order valence-electron chi connectivity index (χ1n) is 6.18. The third-order valence-corrected chi connectivity index (χ3v) is 5.88. The minimum Gasteiger partial charge on any atom is -0.321 e. The second-order valence-electron chi connectivity index (χ2n) is 4.62. The van der Waals surface area contributed by atoms with Gasteiger partial charge in [-0.05, 0) is 56.3 Å². The largest absolute Gasteiger partial charge is 0.321 e. The fourth-order valence-electron chi connectivity index (χ4n) is 2.19. The Morgan fingerprint density at radius 2 is 2.14 bits per heavy atom. The fourth-order valence-corrected chi connectivity index (χ4v) is 4.15. The summed E-state index contributed by atoms with van der Waals surface area (Å²) in [4.78, 5) is 5.70. The highest BCUT2D eigenvalue weighted by molar-refractivity contribution is 9.10. The number of hydrogen-bond donors (Lipinski definition) is 0. The summed E-state index contributed by atoms with van der Waals surface area (Å²) in [5.41, 5.74) is 1.48. The van der Waals surface area contributed by atoms with E-state index in [-0.39, 0.29) is 11.2 Å². The van der Waals surface area contributed by atoms with Crippen LogP contribution < -0.4 is 0 Å². The molecule has 0 amide bonds. The average molecular weight is 453 g/mol.